The largest absolute Gasteiger partial charge is 0.396 e. The van der Waals surface area contributed by atoms with E-state index in [1.54, 1.807) is 0 Å². The van der Waals surface area contributed by atoms with E-state index in [-0.39, 0.29) is 18.6 Å². The van der Waals surface area contributed by atoms with Gasteiger partial charge in [-0.2, -0.15) is 0 Å². The minimum atomic E-state index is 0.0848. The van der Waals surface area contributed by atoms with E-state index in [1.807, 2.05) is 6.92 Å². The molecule has 2 heteroatoms. The average molecular weight is 200 g/mol. The van der Waals surface area contributed by atoms with Gasteiger partial charge < -0.3 is 9.84 Å². The fourth-order valence-electron chi connectivity index (χ4n) is 1.40. The number of rotatable bonds is 8. The van der Waals surface area contributed by atoms with Crippen LogP contribution in [-0.4, -0.2) is 24.4 Å². The first-order valence-corrected chi connectivity index (χ1v) is 5.69. The second kappa shape index (κ2) is 9.22. The molecule has 0 rings (SSSR count). The van der Waals surface area contributed by atoms with E-state index in [1.165, 1.54) is 0 Å². The monoisotopic (exact) mass is 200 g/mol. The van der Waals surface area contributed by atoms with Crippen molar-refractivity contribution < 1.29 is 9.84 Å². The van der Waals surface area contributed by atoms with Crippen LogP contribution in [0.1, 0.15) is 40.0 Å². The van der Waals surface area contributed by atoms with Gasteiger partial charge in [0.25, 0.3) is 0 Å². The minimum absolute atomic E-state index is 0.0848. The van der Waals surface area contributed by atoms with E-state index in [0.717, 1.165) is 19.3 Å². The van der Waals surface area contributed by atoms with Crippen molar-refractivity contribution in [3.05, 3.63) is 12.2 Å². The molecule has 0 aliphatic rings. The number of hydrogen-bond donors (Lipinski definition) is 1. The second-order valence-corrected chi connectivity index (χ2v) is 3.49. The maximum absolute atomic E-state index is 9.17. The summed E-state index contributed by atoms with van der Waals surface area (Å²) < 4.78 is 5.59. The lowest BCUT2D eigenvalue weighted by Gasteiger charge is -2.21. The summed E-state index contributed by atoms with van der Waals surface area (Å²) in [6.07, 6.45) is 7.53. The van der Waals surface area contributed by atoms with E-state index in [9.17, 15) is 0 Å². The quantitative estimate of drug-likeness (QED) is 0.610. The maximum Gasteiger partial charge on any atom is 0.0805 e. The predicted octanol–water partition coefficient (Wildman–Crippen LogP) is 2.77. The summed E-state index contributed by atoms with van der Waals surface area (Å²) in [6, 6.07) is 0. The maximum atomic E-state index is 9.17. The van der Waals surface area contributed by atoms with E-state index in [2.05, 4.69) is 26.0 Å². The van der Waals surface area contributed by atoms with Gasteiger partial charge >= 0.3 is 0 Å². The fourth-order valence-corrected chi connectivity index (χ4v) is 1.40. The molecule has 0 aliphatic carbocycles. The van der Waals surface area contributed by atoms with E-state index in [0.29, 0.717) is 6.61 Å². The van der Waals surface area contributed by atoms with E-state index < -0.39 is 0 Å². The smallest absolute Gasteiger partial charge is 0.0805 e. The van der Waals surface area contributed by atoms with Crippen molar-refractivity contribution in [1.29, 1.82) is 0 Å². The summed E-state index contributed by atoms with van der Waals surface area (Å²) in [7, 11) is 0. The molecule has 0 aliphatic heterocycles. The van der Waals surface area contributed by atoms with Crippen LogP contribution in [0.2, 0.25) is 0 Å². The molecule has 1 N–H and O–H groups in total. The van der Waals surface area contributed by atoms with Crippen molar-refractivity contribution in [2.75, 3.05) is 13.2 Å². The Labute approximate surface area is 88.0 Å². The molecule has 0 radical (unpaired) electrons. The lowest BCUT2D eigenvalue weighted by molar-refractivity contribution is 0.0288. The van der Waals surface area contributed by atoms with Crippen molar-refractivity contribution in [3.63, 3.8) is 0 Å². The number of allylic oxidation sites excluding steroid dienone is 1. The van der Waals surface area contributed by atoms with Crippen LogP contribution in [0.4, 0.5) is 0 Å². The van der Waals surface area contributed by atoms with Crippen LogP contribution in [0.25, 0.3) is 0 Å². The first-order valence-electron chi connectivity index (χ1n) is 5.69. The Balaban J connectivity index is 4.10. The fraction of sp³-hybridized carbons (Fsp3) is 0.833. The summed E-state index contributed by atoms with van der Waals surface area (Å²) in [5, 5.41) is 9.17. The number of ether oxygens (including phenoxy) is 1. The van der Waals surface area contributed by atoms with Crippen LogP contribution >= 0.6 is 0 Å². The van der Waals surface area contributed by atoms with Crippen molar-refractivity contribution in [3.8, 4) is 0 Å². The molecule has 84 valence electrons. The normalized spacial score (nSPS) is 16.0. The number of aliphatic hydroxyl groups excluding tert-OH is 1. The number of unbranched alkanes of at least 4 members (excludes halogenated alkanes) is 1. The molecule has 0 heterocycles. The molecule has 2 unspecified atom stereocenters. The molecule has 0 spiro atoms. The molecular weight excluding hydrogens is 176 g/mol. The molecule has 0 aromatic heterocycles. The molecule has 14 heavy (non-hydrogen) atoms. The van der Waals surface area contributed by atoms with Gasteiger partial charge in [0, 0.05) is 19.1 Å². The highest BCUT2D eigenvalue weighted by atomic mass is 16.5. The van der Waals surface area contributed by atoms with Gasteiger partial charge in [-0.3, -0.25) is 0 Å². The standard InChI is InChI=1S/C12H24O2/c1-4-7-8-9-12(14-6-3)11(5-2)10-13/h8-9,11-13H,4-7,10H2,1-3H3. The van der Waals surface area contributed by atoms with Gasteiger partial charge in [-0.1, -0.05) is 32.4 Å². The predicted molar refractivity (Wildman–Crippen MR) is 60.3 cm³/mol. The summed E-state index contributed by atoms with van der Waals surface area (Å²) in [4.78, 5) is 0. The Morgan fingerprint density at radius 3 is 2.43 bits per heavy atom. The van der Waals surface area contributed by atoms with Gasteiger partial charge in [0.15, 0.2) is 0 Å². The second-order valence-electron chi connectivity index (χ2n) is 3.49. The Bertz CT molecular complexity index is 139. The third-order valence-corrected chi connectivity index (χ3v) is 2.36. The van der Waals surface area contributed by atoms with Gasteiger partial charge in [0.1, 0.15) is 0 Å². The van der Waals surface area contributed by atoms with Crippen molar-refractivity contribution in [1.82, 2.24) is 0 Å². The third-order valence-electron chi connectivity index (χ3n) is 2.36. The van der Waals surface area contributed by atoms with Crippen molar-refractivity contribution >= 4 is 0 Å². The van der Waals surface area contributed by atoms with Gasteiger partial charge in [-0.05, 0) is 19.8 Å². The average Bonchev–Trinajstić information content (AvgIpc) is 2.20. The van der Waals surface area contributed by atoms with Crippen LogP contribution in [-0.2, 0) is 4.74 Å². The summed E-state index contributed by atoms with van der Waals surface area (Å²) >= 11 is 0. The molecule has 0 fully saturated rings. The Kier molecular flexibility index (Phi) is 9.00. The molecule has 2 nitrogen and oxygen atoms in total. The molecule has 0 saturated heterocycles. The number of hydrogen-bond acceptors (Lipinski definition) is 2. The van der Waals surface area contributed by atoms with E-state index >= 15 is 0 Å². The highest BCUT2D eigenvalue weighted by molar-refractivity contribution is 4.92. The van der Waals surface area contributed by atoms with Crippen LogP contribution in [0.15, 0.2) is 12.2 Å². The highest BCUT2D eigenvalue weighted by Gasteiger charge is 2.16. The van der Waals surface area contributed by atoms with Crippen LogP contribution in [0.3, 0.4) is 0 Å². The molecule has 0 saturated carbocycles. The molecule has 0 aromatic rings. The Hall–Kier alpha value is -0.340. The molecule has 2 atom stereocenters. The molecule has 0 amide bonds. The van der Waals surface area contributed by atoms with Crippen molar-refractivity contribution in [2.24, 2.45) is 5.92 Å². The van der Waals surface area contributed by atoms with Gasteiger partial charge in [-0.15, -0.1) is 0 Å². The molecular formula is C12H24O2. The zero-order chi connectivity index (χ0) is 10.8. The zero-order valence-corrected chi connectivity index (χ0v) is 9.70. The van der Waals surface area contributed by atoms with Gasteiger partial charge in [0.2, 0.25) is 0 Å². The van der Waals surface area contributed by atoms with Crippen molar-refractivity contribution in [2.45, 2.75) is 46.1 Å². The van der Waals surface area contributed by atoms with Gasteiger partial charge in [-0.25, -0.2) is 0 Å². The summed E-state index contributed by atoms with van der Waals surface area (Å²) in [5.74, 6) is 0.239. The lowest BCUT2D eigenvalue weighted by Crippen LogP contribution is -2.24. The van der Waals surface area contributed by atoms with Crippen LogP contribution in [0.5, 0.6) is 0 Å². The number of aliphatic hydroxyl groups is 1. The summed E-state index contributed by atoms with van der Waals surface area (Å²) in [6.45, 7) is 7.14. The minimum Gasteiger partial charge on any atom is -0.396 e. The first kappa shape index (κ1) is 13.7. The molecule has 0 bridgehead atoms. The van der Waals surface area contributed by atoms with Crippen LogP contribution < -0.4 is 0 Å². The summed E-state index contributed by atoms with van der Waals surface area (Å²) in [5.41, 5.74) is 0. The third kappa shape index (κ3) is 5.40. The Morgan fingerprint density at radius 2 is 2.00 bits per heavy atom. The lowest BCUT2D eigenvalue weighted by atomic mass is 9.99. The van der Waals surface area contributed by atoms with Crippen LogP contribution in [0, 0.1) is 5.92 Å². The first-order chi connectivity index (χ1) is 6.79. The zero-order valence-electron chi connectivity index (χ0n) is 9.70. The topological polar surface area (TPSA) is 29.5 Å². The SMILES string of the molecule is CCCC=CC(OCC)C(CC)CO. The van der Waals surface area contributed by atoms with Gasteiger partial charge in [0.05, 0.1) is 6.10 Å². The Morgan fingerprint density at radius 1 is 1.29 bits per heavy atom. The van der Waals surface area contributed by atoms with E-state index in [4.69, 9.17) is 9.84 Å². The molecule has 0 aromatic carbocycles. The highest BCUT2D eigenvalue weighted by Crippen LogP contribution is 2.13.